The molecule has 0 bridgehead atoms. The molecule has 156 valence electrons. The fraction of sp³-hybridized carbons (Fsp3) is 0.286. The lowest BCUT2D eigenvalue weighted by molar-refractivity contribution is 0.102. The van der Waals surface area contributed by atoms with E-state index in [9.17, 15) is 13.2 Å². The smallest absolute Gasteiger partial charge is 0.232 e. The number of aromatic nitrogens is 3. The molecule has 1 aromatic heterocycles. The van der Waals surface area contributed by atoms with Crippen molar-refractivity contribution in [1.29, 1.82) is 0 Å². The van der Waals surface area contributed by atoms with E-state index in [0.717, 1.165) is 29.7 Å². The quantitative estimate of drug-likeness (QED) is 0.430. The van der Waals surface area contributed by atoms with Crippen molar-refractivity contribution in [3.8, 4) is 5.69 Å². The summed E-state index contributed by atoms with van der Waals surface area (Å²) in [4.78, 5) is 12.8. The van der Waals surface area contributed by atoms with E-state index >= 15 is 0 Å². The van der Waals surface area contributed by atoms with Gasteiger partial charge in [0.2, 0.25) is 10.0 Å². The number of anilines is 1. The Morgan fingerprint density at radius 1 is 1.17 bits per heavy atom. The fourth-order valence-corrected chi connectivity index (χ4v) is 5.43. The highest BCUT2D eigenvalue weighted by Gasteiger charge is 2.24. The number of sulfonamides is 1. The van der Waals surface area contributed by atoms with E-state index < -0.39 is 10.0 Å². The number of rotatable bonds is 6. The van der Waals surface area contributed by atoms with E-state index in [1.165, 1.54) is 22.3 Å². The molecule has 7 nitrogen and oxygen atoms in total. The van der Waals surface area contributed by atoms with Crippen molar-refractivity contribution in [3.63, 3.8) is 0 Å². The maximum Gasteiger partial charge on any atom is 0.232 e. The Hall–Kier alpha value is -2.65. The molecule has 0 amide bonds. The van der Waals surface area contributed by atoms with E-state index in [1.54, 1.807) is 18.5 Å². The Balaban J connectivity index is 1.51. The van der Waals surface area contributed by atoms with Crippen LogP contribution in [0, 0.1) is 6.92 Å². The Morgan fingerprint density at radius 2 is 1.97 bits per heavy atom. The van der Waals surface area contributed by atoms with Gasteiger partial charge in [-0.2, -0.15) is 0 Å². The van der Waals surface area contributed by atoms with Gasteiger partial charge in [0.25, 0.3) is 0 Å². The molecule has 0 fully saturated rings. The molecule has 4 rings (SSSR count). The zero-order valence-electron chi connectivity index (χ0n) is 16.8. The predicted molar refractivity (Wildman–Crippen MR) is 118 cm³/mol. The lowest BCUT2D eigenvalue weighted by Crippen LogP contribution is -2.34. The number of para-hydroxylation sites is 1. The Kier molecular flexibility index (Phi) is 5.66. The number of hydrogen-bond acceptors (Lipinski definition) is 6. The number of hydrogen-bond donors (Lipinski definition) is 0. The summed E-state index contributed by atoms with van der Waals surface area (Å²) in [7, 11) is -3.32. The number of aryl methyl sites for hydroxylation is 2. The molecule has 0 saturated heterocycles. The molecule has 1 aliphatic heterocycles. The number of carbonyl (C=O) groups is 1. The van der Waals surface area contributed by atoms with Crippen molar-refractivity contribution in [2.75, 3.05) is 22.9 Å². The SMILES string of the molecule is Cc1ccccc1-n1cnnc1SCC(=O)c1ccc2c(c1)CCCN2S(C)(=O)=O. The van der Waals surface area contributed by atoms with Crippen molar-refractivity contribution in [1.82, 2.24) is 14.8 Å². The second-order valence-corrected chi connectivity index (χ2v) is 10.1. The highest BCUT2D eigenvalue weighted by molar-refractivity contribution is 7.99. The van der Waals surface area contributed by atoms with Gasteiger partial charge in [0.1, 0.15) is 6.33 Å². The maximum atomic E-state index is 12.8. The molecule has 3 aromatic rings. The van der Waals surface area contributed by atoms with E-state index in [1.807, 2.05) is 41.8 Å². The molecule has 2 aromatic carbocycles. The molecule has 0 saturated carbocycles. The second-order valence-electron chi connectivity index (χ2n) is 7.26. The van der Waals surface area contributed by atoms with Gasteiger partial charge in [-0.1, -0.05) is 30.0 Å². The molecule has 1 aliphatic rings. The third kappa shape index (κ3) is 4.13. The highest BCUT2D eigenvalue weighted by atomic mass is 32.2. The number of nitrogens with zero attached hydrogens (tertiary/aromatic N) is 4. The molecule has 0 atom stereocenters. The summed E-state index contributed by atoms with van der Waals surface area (Å²) in [5, 5.41) is 8.81. The molecule has 0 spiro atoms. The molecule has 0 unspecified atom stereocenters. The van der Waals surface area contributed by atoms with Gasteiger partial charge < -0.3 is 0 Å². The lowest BCUT2D eigenvalue weighted by atomic mass is 9.99. The molecular formula is C21H22N4O3S2. The second kappa shape index (κ2) is 8.23. The van der Waals surface area contributed by atoms with Crippen molar-refractivity contribution in [2.24, 2.45) is 0 Å². The Morgan fingerprint density at radius 3 is 2.73 bits per heavy atom. The molecule has 0 N–H and O–H groups in total. The maximum absolute atomic E-state index is 12.8. The van der Waals surface area contributed by atoms with Crippen LogP contribution in [0.4, 0.5) is 5.69 Å². The first-order valence-corrected chi connectivity index (χ1v) is 12.4. The third-order valence-electron chi connectivity index (χ3n) is 5.10. The number of thioether (sulfide) groups is 1. The van der Waals surface area contributed by atoms with E-state index in [4.69, 9.17) is 0 Å². The first kappa shape index (κ1) is 20.6. The summed E-state index contributed by atoms with van der Waals surface area (Å²) in [5.41, 5.74) is 4.22. The first-order chi connectivity index (χ1) is 14.3. The average Bonchev–Trinajstić information content (AvgIpc) is 3.19. The van der Waals surface area contributed by atoms with Gasteiger partial charge in [-0.3, -0.25) is 13.7 Å². The summed E-state index contributed by atoms with van der Waals surface area (Å²) in [6.07, 6.45) is 4.36. The minimum absolute atomic E-state index is 0.0291. The van der Waals surface area contributed by atoms with Crippen LogP contribution in [0.25, 0.3) is 5.69 Å². The van der Waals surface area contributed by atoms with Crippen LogP contribution in [0.3, 0.4) is 0 Å². The molecule has 30 heavy (non-hydrogen) atoms. The van der Waals surface area contributed by atoms with Crippen LogP contribution in [0.1, 0.15) is 27.9 Å². The molecule has 2 heterocycles. The largest absolute Gasteiger partial charge is 0.293 e. The zero-order valence-corrected chi connectivity index (χ0v) is 18.4. The predicted octanol–water partition coefficient (Wildman–Crippen LogP) is 3.26. The normalized spacial score (nSPS) is 13.9. The fourth-order valence-electron chi connectivity index (χ4n) is 3.62. The summed E-state index contributed by atoms with van der Waals surface area (Å²) >= 11 is 1.34. The molecule has 9 heteroatoms. The van der Waals surface area contributed by atoms with Gasteiger partial charge >= 0.3 is 0 Å². The van der Waals surface area contributed by atoms with Crippen LogP contribution in [0.5, 0.6) is 0 Å². The minimum atomic E-state index is -3.32. The molecule has 0 aliphatic carbocycles. The highest BCUT2D eigenvalue weighted by Crippen LogP contribution is 2.30. The van der Waals surface area contributed by atoms with Crippen LogP contribution >= 0.6 is 11.8 Å². The van der Waals surface area contributed by atoms with Gasteiger partial charge in [-0.25, -0.2) is 8.42 Å². The lowest BCUT2D eigenvalue weighted by Gasteiger charge is -2.29. The zero-order chi connectivity index (χ0) is 21.3. The van der Waals surface area contributed by atoms with E-state index in [2.05, 4.69) is 10.2 Å². The van der Waals surface area contributed by atoms with Crippen molar-refractivity contribution < 1.29 is 13.2 Å². The van der Waals surface area contributed by atoms with E-state index in [-0.39, 0.29) is 11.5 Å². The van der Waals surface area contributed by atoms with Crippen LogP contribution in [-0.2, 0) is 16.4 Å². The summed E-state index contributed by atoms with van der Waals surface area (Å²) in [6, 6.07) is 13.2. The number of benzene rings is 2. The Labute approximate surface area is 180 Å². The van der Waals surface area contributed by atoms with Crippen LogP contribution in [-0.4, -0.2) is 47.5 Å². The van der Waals surface area contributed by atoms with Gasteiger partial charge in [-0.15, -0.1) is 10.2 Å². The van der Waals surface area contributed by atoms with Gasteiger partial charge in [0.05, 0.1) is 23.4 Å². The number of carbonyl (C=O) groups excluding carboxylic acids is 1. The van der Waals surface area contributed by atoms with Crippen LogP contribution in [0.2, 0.25) is 0 Å². The van der Waals surface area contributed by atoms with Gasteiger partial charge in [-0.05, 0) is 55.2 Å². The van der Waals surface area contributed by atoms with Crippen molar-refractivity contribution in [2.45, 2.75) is 24.9 Å². The van der Waals surface area contributed by atoms with Gasteiger partial charge in [0, 0.05) is 12.1 Å². The molecular weight excluding hydrogens is 420 g/mol. The van der Waals surface area contributed by atoms with Crippen molar-refractivity contribution >= 4 is 33.3 Å². The molecule has 0 radical (unpaired) electrons. The topological polar surface area (TPSA) is 85.2 Å². The summed E-state index contributed by atoms with van der Waals surface area (Å²) in [5.74, 6) is 0.192. The number of Topliss-reactive ketones (excluding diaryl/α,β-unsaturated/α-hetero) is 1. The van der Waals surface area contributed by atoms with E-state index in [0.29, 0.717) is 23.0 Å². The minimum Gasteiger partial charge on any atom is -0.293 e. The number of ketones is 1. The van der Waals surface area contributed by atoms with Gasteiger partial charge in [0.15, 0.2) is 10.9 Å². The average molecular weight is 443 g/mol. The van der Waals surface area contributed by atoms with Crippen molar-refractivity contribution in [3.05, 3.63) is 65.5 Å². The Bertz CT molecular complexity index is 1200. The standard InChI is InChI=1S/C21H22N4O3S2/c1-15-6-3-4-8-18(15)24-14-22-23-21(24)29-13-20(26)17-9-10-19-16(12-17)7-5-11-25(19)30(2,27)28/h3-4,6,8-10,12,14H,5,7,11,13H2,1-2H3. The summed E-state index contributed by atoms with van der Waals surface area (Å²) in [6.45, 7) is 2.49. The van der Waals surface area contributed by atoms with Crippen LogP contribution in [0.15, 0.2) is 53.9 Å². The van der Waals surface area contributed by atoms with Crippen LogP contribution < -0.4 is 4.31 Å². The third-order valence-corrected chi connectivity index (χ3v) is 7.22. The summed E-state index contributed by atoms with van der Waals surface area (Å²) < 4.78 is 27.3. The number of fused-ring (bicyclic) bond motifs is 1. The monoisotopic (exact) mass is 442 g/mol. The first-order valence-electron chi connectivity index (χ1n) is 9.57.